The monoisotopic (exact) mass is 446 g/mol. The molecule has 0 atom stereocenters. The quantitative estimate of drug-likeness (QED) is 0.346. The standard InChI is InChI=1S/C21H17F3N4O2S/c1-2-28-19(30)18-17(14-8-3-4-9-15(14)26-18)27-20(28)31-11-16(29)25-13-7-5-6-12(10-13)21(22,23)24/h3-10,26H,2,11H2,1H3,(H,25,29). The molecule has 0 saturated heterocycles. The lowest BCUT2D eigenvalue weighted by Gasteiger charge is -2.11. The highest BCUT2D eigenvalue weighted by Crippen LogP contribution is 2.31. The molecule has 10 heteroatoms. The summed E-state index contributed by atoms with van der Waals surface area (Å²) in [5.41, 5.74) is 0.656. The summed E-state index contributed by atoms with van der Waals surface area (Å²) in [7, 11) is 0. The van der Waals surface area contributed by atoms with Crippen LogP contribution in [0.15, 0.2) is 58.5 Å². The summed E-state index contributed by atoms with van der Waals surface area (Å²) in [6.07, 6.45) is -4.49. The second kappa shape index (κ2) is 8.10. The Bertz CT molecular complexity index is 1340. The molecule has 0 aliphatic heterocycles. The van der Waals surface area contributed by atoms with Gasteiger partial charge in [0.2, 0.25) is 5.91 Å². The number of para-hydroxylation sites is 1. The average Bonchev–Trinajstić information content (AvgIpc) is 3.11. The van der Waals surface area contributed by atoms with Crippen LogP contribution >= 0.6 is 11.8 Å². The van der Waals surface area contributed by atoms with Crippen molar-refractivity contribution >= 4 is 45.3 Å². The van der Waals surface area contributed by atoms with Crippen LogP contribution in [0.4, 0.5) is 18.9 Å². The van der Waals surface area contributed by atoms with Crippen molar-refractivity contribution in [3.63, 3.8) is 0 Å². The van der Waals surface area contributed by atoms with Crippen LogP contribution in [-0.2, 0) is 17.5 Å². The van der Waals surface area contributed by atoms with Crippen LogP contribution < -0.4 is 10.9 Å². The zero-order chi connectivity index (χ0) is 22.2. The minimum Gasteiger partial charge on any atom is -0.349 e. The summed E-state index contributed by atoms with van der Waals surface area (Å²) >= 11 is 1.05. The molecule has 31 heavy (non-hydrogen) atoms. The molecule has 0 aliphatic carbocycles. The van der Waals surface area contributed by atoms with Crippen LogP contribution in [0, 0.1) is 0 Å². The molecule has 4 aromatic rings. The summed E-state index contributed by atoms with van der Waals surface area (Å²) in [4.78, 5) is 32.9. The van der Waals surface area contributed by atoms with Crippen LogP contribution in [0.1, 0.15) is 12.5 Å². The van der Waals surface area contributed by atoms with Crippen molar-refractivity contribution in [2.75, 3.05) is 11.1 Å². The molecule has 6 nitrogen and oxygen atoms in total. The van der Waals surface area contributed by atoms with Crippen molar-refractivity contribution in [3.8, 4) is 0 Å². The average molecular weight is 446 g/mol. The SMILES string of the molecule is CCn1c(SCC(=O)Nc2cccc(C(F)(F)F)c2)nc2c([nH]c3ccccc32)c1=O. The highest BCUT2D eigenvalue weighted by molar-refractivity contribution is 7.99. The smallest absolute Gasteiger partial charge is 0.349 e. The van der Waals surface area contributed by atoms with Crippen molar-refractivity contribution in [1.82, 2.24) is 14.5 Å². The van der Waals surface area contributed by atoms with Gasteiger partial charge in [-0.15, -0.1) is 0 Å². The number of aromatic nitrogens is 3. The zero-order valence-corrected chi connectivity index (χ0v) is 17.1. The molecule has 160 valence electrons. The maximum Gasteiger partial charge on any atom is 0.416 e. The second-order valence-corrected chi connectivity index (χ2v) is 7.70. The summed E-state index contributed by atoms with van der Waals surface area (Å²) in [6, 6.07) is 11.8. The number of fused-ring (bicyclic) bond motifs is 3. The highest BCUT2D eigenvalue weighted by atomic mass is 32.2. The maximum atomic E-state index is 12.9. The number of H-pyrrole nitrogens is 1. The molecular weight excluding hydrogens is 429 g/mol. The minimum absolute atomic E-state index is 0.0494. The number of carbonyl (C=O) groups excluding carboxylic acids is 1. The minimum atomic E-state index is -4.49. The number of anilines is 1. The molecular formula is C21H17F3N4O2S. The summed E-state index contributed by atoms with van der Waals surface area (Å²) in [5.74, 6) is -0.614. The van der Waals surface area contributed by atoms with Crippen molar-refractivity contribution in [2.24, 2.45) is 0 Å². The van der Waals surface area contributed by atoms with Gasteiger partial charge in [0.15, 0.2) is 5.16 Å². The predicted molar refractivity (Wildman–Crippen MR) is 114 cm³/mol. The fourth-order valence-electron chi connectivity index (χ4n) is 3.27. The first-order chi connectivity index (χ1) is 14.8. The number of carbonyl (C=O) groups is 1. The molecule has 0 unspecified atom stereocenters. The number of hydrogen-bond donors (Lipinski definition) is 2. The van der Waals surface area contributed by atoms with Gasteiger partial charge in [0.25, 0.3) is 5.56 Å². The van der Waals surface area contributed by atoms with Gasteiger partial charge in [-0.25, -0.2) is 4.98 Å². The Morgan fingerprint density at radius 2 is 1.97 bits per heavy atom. The lowest BCUT2D eigenvalue weighted by atomic mass is 10.2. The molecule has 2 heterocycles. The number of benzene rings is 2. The lowest BCUT2D eigenvalue weighted by Crippen LogP contribution is -2.23. The number of nitrogens with one attached hydrogen (secondary N) is 2. The van der Waals surface area contributed by atoms with Crippen molar-refractivity contribution in [1.29, 1.82) is 0 Å². The Morgan fingerprint density at radius 3 is 2.71 bits per heavy atom. The van der Waals surface area contributed by atoms with Gasteiger partial charge in [-0.05, 0) is 31.2 Å². The van der Waals surface area contributed by atoms with Gasteiger partial charge in [0.1, 0.15) is 11.0 Å². The Kier molecular flexibility index (Phi) is 5.48. The third kappa shape index (κ3) is 4.15. The van der Waals surface area contributed by atoms with Gasteiger partial charge in [0, 0.05) is 23.1 Å². The Labute approximate surface area is 178 Å². The molecule has 2 aromatic heterocycles. The second-order valence-electron chi connectivity index (χ2n) is 6.75. The van der Waals surface area contributed by atoms with Gasteiger partial charge in [-0.1, -0.05) is 36.0 Å². The first-order valence-corrected chi connectivity index (χ1v) is 10.4. The van der Waals surface area contributed by atoms with E-state index in [1.54, 1.807) is 6.92 Å². The molecule has 0 saturated carbocycles. The largest absolute Gasteiger partial charge is 0.416 e. The Hall–Kier alpha value is -3.27. The number of halogens is 3. The van der Waals surface area contributed by atoms with Gasteiger partial charge < -0.3 is 10.3 Å². The predicted octanol–water partition coefficient (Wildman–Crippen LogP) is 4.65. The summed E-state index contributed by atoms with van der Waals surface area (Å²) in [5, 5.41) is 3.62. The van der Waals surface area contributed by atoms with E-state index in [0.29, 0.717) is 22.7 Å². The van der Waals surface area contributed by atoms with Gasteiger partial charge >= 0.3 is 6.18 Å². The third-order valence-electron chi connectivity index (χ3n) is 4.70. The molecule has 0 spiro atoms. The number of aromatic amines is 1. The summed E-state index contributed by atoms with van der Waals surface area (Å²) in [6.45, 7) is 2.15. The van der Waals surface area contributed by atoms with Gasteiger partial charge in [0.05, 0.1) is 11.3 Å². The molecule has 0 radical (unpaired) electrons. The van der Waals surface area contributed by atoms with Crippen LogP contribution in [0.25, 0.3) is 21.9 Å². The third-order valence-corrected chi connectivity index (χ3v) is 5.67. The van der Waals surface area contributed by atoms with Crippen LogP contribution in [-0.4, -0.2) is 26.2 Å². The molecule has 2 aromatic carbocycles. The van der Waals surface area contributed by atoms with Crippen LogP contribution in [0.5, 0.6) is 0 Å². The Balaban J connectivity index is 1.58. The number of rotatable bonds is 5. The fourth-order valence-corrected chi connectivity index (χ4v) is 4.12. The molecule has 4 rings (SSSR count). The van der Waals surface area contributed by atoms with Crippen LogP contribution in [0.2, 0.25) is 0 Å². The normalized spacial score (nSPS) is 11.9. The first-order valence-electron chi connectivity index (χ1n) is 9.39. The number of nitrogens with zero attached hydrogens (tertiary/aromatic N) is 2. The van der Waals surface area contributed by atoms with E-state index in [1.807, 2.05) is 24.3 Å². The highest BCUT2D eigenvalue weighted by Gasteiger charge is 2.30. The van der Waals surface area contributed by atoms with Gasteiger partial charge in [-0.2, -0.15) is 13.2 Å². The van der Waals surface area contributed by atoms with Crippen molar-refractivity contribution in [2.45, 2.75) is 24.8 Å². The van der Waals surface area contributed by atoms with Gasteiger partial charge in [-0.3, -0.25) is 14.2 Å². The first kappa shape index (κ1) is 21.0. The topological polar surface area (TPSA) is 79.8 Å². The number of thioether (sulfide) groups is 1. The van der Waals surface area contributed by atoms with Crippen LogP contribution in [0.3, 0.4) is 0 Å². The van der Waals surface area contributed by atoms with E-state index in [4.69, 9.17) is 0 Å². The number of alkyl halides is 3. The lowest BCUT2D eigenvalue weighted by molar-refractivity contribution is -0.137. The van der Waals surface area contributed by atoms with E-state index in [-0.39, 0.29) is 17.0 Å². The maximum absolute atomic E-state index is 12.9. The number of amides is 1. The van der Waals surface area contributed by atoms with Crippen molar-refractivity contribution < 1.29 is 18.0 Å². The van der Waals surface area contributed by atoms with E-state index in [2.05, 4.69) is 15.3 Å². The molecule has 2 N–H and O–H groups in total. The van der Waals surface area contributed by atoms with E-state index in [9.17, 15) is 22.8 Å². The Morgan fingerprint density at radius 1 is 1.19 bits per heavy atom. The van der Waals surface area contributed by atoms with E-state index >= 15 is 0 Å². The fraction of sp³-hybridized carbons (Fsp3) is 0.190. The van der Waals surface area contributed by atoms with E-state index in [1.165, 1.54) is 16.7 Å². The van der Waals surface area contributed by atoms with E-state index < -0.39 is 17.6 Å². The van der Waals surface area contributed by atoms with E-state index in [0.717, 1.165) is 34.8 Å². The molecule has 0 fully saturated rings. The molecule has 1 amide bonds. The number of hydrogen-bond acceptors (Lipinski definition) is 4. The summed E-state index contributed by atoms with van der Waals surface area (Å²) < 4.78 is 40.0. The molecule has 0 bridgehead atoms. The molecule has 0 aliphatic rings. The van der Waals surface area contributed by atoms with Crippen molar-refractivity contribution in [3.05, 3.63) is 64.4 Å². The zero-order valence-electron chi connectivity index (χ0n) is 16.3.